The van der Waals surface area contributed by atoms with Crippen LogP contribution in [0.3, 0.4) is 0 Å². The summed E-state index contributed by atoms with van der Waals surface area (Å²) in [6, 6.07) is 2.32. The number of aryl methyl sites for hydroxylation is 1. The van der Waals surface area contributed by atoms with Crippen molar-refractivity contribution in [3.8, 4) is 0 Å². The Morgan fingerprint density at radius 2 is 2.14 bits per heavy atom. The largest absolute Gasteiger partial charge is 0.478 e. The fourth-order valence-electron chi connectivity index (χ4n) is 2.45. The van der Waals surface area contributed by atoms with Gasteiger partial charge in [0.15, 0.2) is 0 Å². The molecule has 116 valence electrons. The number of nitrogens with zero attached hydrogens (tertiary/aromatic N) is 3. The van der Waals surface area contributed by atoms with Crippen LogP contribution in [0.4, 0.5) is 5.82 Å². The fourth-order valence-corrected chi connectivity index (χ4v) is 2.45. The number of rotatable bonds is 7. The first-order valence-electron chi connectivity index (χ1n) is 7.14. The second-order valence-corrected chi connectivity index (χ2v) is 5.48. The van der Waals surface area contributed by atoms with E-state index in [1.807, 2.05) is 13.0 Å². The van der Waals surface area contributed by atoms with Crippen LogP contribution in [0.2, 0.25) is 0 Å². The molecule has 0 fully saturated rings. The minimum atomic E-state index is -0.952. The lowest BCUT2D eigenvalue weighted by Crippen LogP contribution is -2.40. The number of pyridine rings is 1. The molecule has 0 aromatic carbocycles. The Hall–Kier alpha value is -1.88. The molecule has 0 aliphatic heterocycles. The van der Waals surface area contributed by atoms with Crippen LogP contribution in [0.25, 0.3) is 6.08 Å². The van der Waals surface area contributed by atoms with E-state index in [0.29, 0.717) is 6.04 Å². The molecular formula is C16H25N3O2. The summed E-state index contributed by atoms with van der Waals surface area (Å²) in [5.41, 5.74) is 1.85. The highest BCUT2D eigenvalue weighted by Gasteiger charge is 2.16. The number of hydrogen-bond donors (Lipinski definition) is 1. The van der Waals surface area contributed by atoms with Gasteiger partial charge in [-0.05, 0) is 58.1 Å². The van der Waals surface area contributed by atoms with Crippen molar-refractivity contribution in [2.45, 2.75) is 26.8 Å². The van der Waals surface area contributed by atoms with Crippen molar-refractivity contribution >= 4 is 17.9 Å². The standard InChI is InChI=1S/C16H25N3O2/c1-6-19(13(3)11-18(4)5)16-12(2)9-14(10-17-16)7-8-15(20)21/h7-10,13H,6,11H2,1-5H3,(H,20,21)/b8-7+. The van der Waals surface area contributed by atoms with Gasteiger partial charge in [-0.1, -0.05) is 0 Å². The number of carbonyl (C=O) groups is 1. The molecule has 5 heteroatoms. The molecule has 5 nitrogen and oxygen atoms in total. The van der Waals surface area contributed by atoms with Gasteiger partial charge in [0.05, 0.1) is 0 Å². The zero-order valence-electron chi connectivity index (χ0n) is 13.5. The van der Waals surface area contributed by atoms with E-state index in [1.165, 1.54) is 0 Å². The van der Waals surface area contributed by atoms with Crippen LogP contribution in [-0.4, -0.2) is 54.2 Å². The molecule has 1 heterocycles. The third-order valence-electron chi connectivity index (χ3n) is 3.26. The van der Waals surface area contributed by atoms with Gasteiger partial charge < -0.3 is 14.9 Å². The average Bonchev–Trinajstić information content (AvgIpc) is 2.38. The highest BCUT2D eigenvalue weighted by atomic mass is 16.4. The van der Waals surface area contributed by atoms with Crippen LogP contribution in [0.1, 0.15) is 25.0 Å². The quantitative estimate of drug-likeness (QED) is 0.781. The highest BCUT2D eigenvalue weighted by molar-refractivity contribution is 5.85. The van der Waals surface area contributed by atoms with Gasteiger partial charge >= 0.3 is 5.97 Å². The maximum Gasteiger partial charge on any atom is 0.328 e. The van der Waals surface area contributed by atoms with Gasteiger partial charge in [0.2, 0.25) is 0 Å². The highest BCUT2D eigenvalue weighted by Crippen LogP contribution is 2.21. The predicted molar refractivity (Wildman–Crippen MR) is 86.7 cm³/mol. The zero-order chi connectivity index (χ0) is 16.0. The average molecular weight is 291 g/mol. The number of hydrogen-bond acceptors (Lipinski definition) is 4. The van der Waals surface area contributed by atoms with Gasteiger partial charge in [0.25, 0.3) is 0 Å². The lowest BCUT2D eigenvalue weighted by Gasteiger charge is -2.32. The van der Waals surface area contributed by atoms with E-state index in [4.69, 9.17) is 5.11 Å². The van der Waals surface area contributed by atoms with Crippen LogP contribution in [-0.2, 0) is 4.79 Å². The number of aliphatic carboxylic acids is 1. The Bertz CT molecular complexity index is 512. The van der Waals surface area contributed by atoms with Crippen LogP contribution < -0.4 is 4.90 Å². The van der Waals surface area contributed by atoms with Gasteiger partial charge in [-0.15, -0.1) is 0 Å². The second-order valence-electron chi connectivity index (χ2n) is 5.48. The number of anilines is 1. The SMILES string of the molecule is CCN(c1ncc(/C=C/C(=O)O)cc1C)C(C)CN(C)C. The van der Waals surface area contributed by atoms with Crippen molar-refractivity contribution in [3.63, 3.8) is 0 Å². The number of carboxylic acid groups (broad SMARTS) is 1. The van der Waals surface area contributed by atoms with E-state index in [0.717, 1.165) is 36.1 Å². The fraction of sp³-hybridized carbons (Fsp3) is 0.500. The van der Waals surface area contributed by atoms with Gasteiger partial charge in [0, 0.05) is 31.4 Å². The van der Waals surface area contributed by atoms with Crippen LogP contribution >= 0.6 is 0 Å². The van der Waals surface area contributed by atoms with Crippen LogP contribution in [0, 0.1) is 6.92 Å². The molecule has 1 rings (SSSR count). The Labute approximate surface area is 126 Å². The monoisotopic (exact) mass is 291 g/mol. The molecule has 1 atom stereocenters. The van der Waals surface area contributed by atoms with Crippen LogP contribution in [0.5, 0.6) is 0 Å². The van der Waals surface area contributed by atoms with Gasteiger partial charge in [-0.2, -0.15) is 0 Å². The molecule has 0 aliphatic carbocycles. The molecule has 0 saturated carbocycles. The van der Waals surface area contributed by atoms with E-state index in [-0.39, 0.29) is 0 Å². The Kier molecular flexibility index (Phi) is 6.37. The Morgan fingerprint density at radius 3 is 2.62 bits per heavy atom. The lowest BCUT2D eigenvalue weighted by atomic mass is 10.1. The number of aromatic nitrogens is 1. The third kappa shape index (κ3) is 5.19. The molecule has 0 saturated heterocycles. The van der Waals surface area contributed by atoms with E-state index >= 15 is 0 Å². The molecule has 0 amide bonds. The van der Waals surface area contributed by atoms with E-state index in [1.54, 1.807) is 12.3 Å². The van der Waals surface area contributed by atoms with E-state index in [2.05, 4.69) is 42.7 Å². The topological polar surface area (TPSA) is 56.7 Å². The summed E-state index contributed by atoms with van der Waals surface area (Å²) < 4.78 is 0. The number of likely N-dealkylation sites (N-methyl/N-ethyl adjacent to an activating group) is 2. The Balaban J connectivity index is 2.98. The van der Waals surface area contributed by atoms with Crippen molar-refractivity contribution in [3.05, 3.63) is 29.5 Å². The summed E-state index contributed by atoms with van der Waals surface area (Å²) in [7, 11) is 4.12. The molecule has 1 unspecified atom stereocenters. The normalized spacial score (nSPS) is 12.9. The van der Waals surface area contributed by atoms with Gasteiger partial charge in [0.1, 0.15) is 5.82 Å². The molecule has 1 N–H and O–H groups in total. The third-order valence-corrected chi connectivity index (χ3v) is 3.26. The molecule has 1 aromatic heterocycles. The predicted octanol–water partition coefficient (Wildman–Crippen LogP) is 2.26. The molecule has 21 heavy (non-hydrogen) atoms. The van der Waals surface area contributed by atoms with Crippen molar-refractivity contribution < 1.29 is 9.90 Å². The summed E-state index contributed by atoms with van der Waals surface area (Å²) in [5, 5.41) is 8.66. The first-order valence-corrected chi connectivity index (χ1v) is 7.14. The smallest absolute Gasteiger partial charge is 0.328 e. The molecule has 0 bridgehead atoms. The van der Waals surface area contributed by atoms with Crippen molar-refractivity contribution in [1.82, 2.24) is 9.88 Å². The summed E-state index contributed by atoms with van der Waals surface area (Å²) >= 11 is 0. The second kappa shape index (κ2) is 7.78. The summed E-state index contributed by atoms with van der Waals surface area (Å²) in [4.78, 5) is 19.5. The first kappa shape index (κ1) is 17.2. The van der Waals surface area contributed by atoms with Gasteiger partial charge in [-0.25, -0.2) is 9.78 Å². The van der Waals surface area contributed by atoms with Crippen molar-refractivity contribution in [2.24, 2.45) is 0 Å². The molecular weight excluding hydrogens is 266 g/mol. The molecule has 0 spiro atoms. The summed E-state index contributed by atoms with van der Waals surface area (Å²) in [6.07, 6.45) is 4.40. The van der Waals surface area contributed by atoms with Crippen molar-refractivity contribution in [1.29, 1.82) is 0 Å². The lowest BCUT2D eigenvalue weighted by molar-refractivity contribution is -0.131. The first-order chi connectivity index (χ1) is 9.85. The maximum atomic E-state index is 10.6. The molecule has 0 aliphatic rings. The minimum Gasteiger partial charge on any atom is -0.478 e. The minimum absolute atomic E-state index is 0.358. The van der Waals surface area contributed by atoms with E-state index in [9.17, 15) is 4.79 Å². The van der Waals surface area contributed by atoms with Crippen molar-refractivity contribution in [2.75, 3.05) is 32.1 Å². The zero-order valence-corrected chi connectivity index (χ0v) is 13.5. The molecule has 0 radical (unpaired) electrons. The summed E-state index contributed by atoms with van der Waals surface area (Å²) in [6.45, 7) is 8.14. The van der Waals surface area contributed by atoms with Crippen LogP contribution in [0.15, 0.2) is 18.3 Å². The van der Waals surface area contributed by atoms with Gasteiger partial charge in [-0.3, -0.25) is 0 Å². The Morgan fingerprint density at radius 1 is 1.48 bits per heavy atom. The summed E-state index contributed by atoms with van der Waals surface area (Å²) in [5.74, 6) is 0.00541. The maximum absolute atomic E-state index is 10.6. The molecule has 1 aromatic rings. The number of carboxylic acids is 1. The van der Waals surface area contributed by atoms with E-state index < -0.39 is 5.97 Å².